The quantitative estimate of drug-likeness (QED) is 0.805. The zero-order valence-corrected chi connectivity index (χ0v) is 15.7. The second-order valence-electron chi connectivity index (χ2n) is 6.28. The first kappa shape index (κ1) is 18.6. The largest absolute Gasteiger partial charge is 0.336 e. The van der Waals surface area contributed by atoms with E-state index >= 15 is 0 Å². The van der Waals surface area contributed by atoms with Gasteiger partial charge in [-0.25, -0.2) is 13.4 Å². The first-order chi connectivity index (χ1) is 12.4. The highest BCUT2D eigenvalue weighted by Crippen LogP contribution is 2.21. The van der Waals surface area contributed by atoms with Crippen molar-refractivity contribution in [2.24, 2.45) is 7.05 Å². The van der Waals surface area contributed by atoms with Crippen molar-refractivity contribution in [2.45, 2.75) is 10.9 Å². The maximum Gasteiger partial charge on any atom is 0.243 e. The van der Waals surface area contributed by atoms with Crippen LogP contribution in [0.3, 0.4) is 0 Å². The molecular weight excluding hydrogens is 354 g/mol. The molecule has 1 aliphatic heterocycles. The number of nitrogens with one attached hydrogen (secondary N) is 1. The van der Waals surface area contributed by atoms with Crippen LogP contribution < -0.4 is 5.32 Å². The molecule has 1 unspecified atom stereocenters. The van der Waals surface area contributed by atoms with Gasteiger partial charge in [0.1, 0.15) is 11.9 Å². The van der Waals surface area contributed by atoms with E-state index < -0.39 is 10.0 Å². The van der Waals surface area contributed by atoms with Gasteiger partial charge in [-0.05, 0) is 12.1 Å². The molecule has 1 amide bonds. The highest BCUT2D eigenvalue weighted by molar-refractivity contribution is 7.89. The summed E-state index contributed by atoms with van der Waals surface area (Å²) in [5.41, 5.74) is 0. The van der Waals surface area contributed by atoms with Crippen LogP contribution in [0.4, 0.5) is 0 Å². The molecule has 2 heterocycles. The van der Waals surface area contributed by atoms with Crippen molar-refractivity contribution in [2.75, 3.05) is 33.2 Å². The highest BCUT2D eigenvalue weighted by Gasteiger charge is 2.32. The predicted octanol–water partition coefficient (Wildman–Crippen LogP) is 0.214. The van der Waals surface area contributed by atoms with Gasteiger partial charge in [0, 0.05) is 46.1 Å². The van der Waals surface area contributed by atoms with Crippen molar-refractivity contribution in [3.8, 4) is 0 Å². The van der Waals surface area contributed by atoms with Gasteiger partial charge in [0.15, 0.2) is 0 Å². The van der Waals surface area contributed by atoms with Crippen LogP contribution in [0, 0.1) is 0 Å². The number of carbonyl (C=O) groups is 1. The molecule has 2 aromatic rings. The minimum absolute atomic E-state index is 0.177. The van der Waals surface area contributed by atoms with Crippen molar-refractivity contribution in [1.29, 1.82) is 0 Å². The molecule has 0 spiro atoms. The summed E-state index contributed by atoms with van der Waals surface area (Å²) in [4.78, 5) is 19.1. The Morgan fingerprint density at radius 1 is 1.35 bits per heavy atom. The van der Waals surface area contributed by atoms with Crippen LogP contribution in [0.2, 0.25) is 0 Å². The highest BCUT2D eigenvalue weighted by atomic mass is 32.2. The zero-order chi connectivity index (χ0) is 18.7. The Balaban J connectivity index is 1.76. The van der Waals surface area contributed by atoms with E-state index in [0.717, 1.165) is 10.1 Å². The van der Waals surface area contributed by atoms with Gasteiger partial charge in [-0.2, -0.15) is 4.31 Å². The summed E-state index contributed by atoms with van der Waals surface area (Å²) >= 11 is 0. The van der Waals surface area contributed by atoms with Crippen LogP contribution in [0.15, 0.2) is 47.6 Å². The van der Waals surface area contributed by atoms with Gasteiger partial charge >= 0.3 is 0 Å². The molecule has 0 bridgehead atoms. The lowest BCUT2D eigenvalue weighted by Gasteiger charge is -2.36. The molecule has 1 aromatic carbocycles. The molecule has 1 saturated heterocycles. The van der Waals surface area contributed by atoms with Crippen molar-refractivity contribution in [3.63, 3.8) is 0 Å². The van der Waals surface area contributed by atoms with Crippen LogP contribution in [0.5, 0.6) is 0 Å². The van der Waals surface area contributed by atoms with Crippen LogP contribution in [-0.4, -0.2) is 66.3 Å². The van der Waals surface area contributed by atoms with Crippen LogP contribution in [0.25, 0.3) is 0 Å². The Bertz CT molecular complexity index is 866. The number of sulfonamides is 1. The molecule has 1 aliphatic rings. The van der Waals surface area contributed by atoms with Gasteiger partial charge < -0.3 is 14.8 Å². The molecule has 0 radical (unpaired) electrons. The summed E-state index contributed by atoms with van der Waals surface area (Å²) in [7, 11) is -0.393. The number of hydrogen-bond acceptors (Lipinski definition) is 5. The summed E-state index contributed by atoms with van der Waals surface area (Å²) in [5.74, 6) is 0.542. The molecule has 1 aromatic heterocycles. The van der Waals surface area contributed by atoms with Gasteiger partial charge in [0.25, 0.3) is 0 Å². The average molecular weight is 377 g/mol. The fourth-order valence-corrected chi connectivity index (χ4v) is 4.21. The lowest BCUT2D eigenvalue weighted by molar-refractivity contribution is -0.134. The second-order valence-corrected chi connectivity index (χ2v) is 8.32. The summed E-state index contributed by atoms with van der Waals surface area (Å²) in [6, 6.07) is 7.91. The molecule has 0 saturated carbocycles. The Kier molecular flexibility index (Phi) is 5.40. The number of aryl methyl sites for hydroxylation is 1. The third kappa shape index (κ3) is 3.64. The fourth-order valence-electron chi connectivity index (χ4n) is 3.07. The van der Waals surface area contributed by atoms with Crippen LogP contribution in [0.1, 0.15) is 11.9 Å². The monoisotopic (exact) mass is 377 g/mol. The van der Waals surface area contributed by atoms with E-state index in [1.165, 1.54) is 19.2 Å². The van der Waals surface area contributed by atoms with Crippen molar-refractivity contribution >= 4 is 15.9 Å². The lowest BCUT2D eigenvalue weighted by Crippen LogP contribution is -2.52. The molecule has 9 heteroatoms. The molecule has 1 N–H and O–H groups in total. The van der Waals surface area contributed by atoms with Crippen LogP contribution in [-0.2, 0) is 21.9 Å². The lowest BCUT2D eigenvalue weighted by atomic mass is 10.1. The topological polar surface area (TPSA) is 87.5 Å². The molecule has 8 nitrogen and oxygen atoms in total. The summed E-state index contributed by atoms with van der Waals surface area (Å²) in [5, 5.41) is 3.27. The number of likely N-dealkylation sites (N-methyl/N-ethyl adjacent to an activating group) is 1. The maximum atomic E-state index is 12.9. The third-order valence-corrected chi connectivity index (χ3v) is 6.35. The summed E-state index contributed by atoms with van der Waals surface area (Å²) in [6.45, 7) is 1.56. The second kappa shape index (κ2) is 7.56. The number of benzene rings is 1. The minimum atomic E-state index is -3.70. The predicted molar refractivity (Wildman–Crippen MR) is 96.8 cm³/mol. The van der Waals surface area contributed by atoms with Gasteiger partial charge in [-0.1, -0.05) is 18.2 Å². The molecule has 1 atom stereocenters. The Morgan fingerprint density at radius 2 is 2.08 bits per heavy atom. The number of imidazole rings is 1. The van der Waals surface area contributed by atoms with Gasteiger partial charge in [-0.15, -0.1) is 0 Å². The van der Waals surface area contributed by atoms with E-state index in [-0.39, 0.29) is 23.4 Å². The normalized spacial score (nSPS) is 18.3. The number of piperazine rings is 1. The van der Waals surface area contributed by atoms with Gasteiger partial charge in [0.2, 0.25) is 15.9 Å². The zero-order valence-electron chi connectivity index (χ0n) is 14.9. The van der Waals surface area contributed by atoms with E-state index in [1.54, 1.807) is 29.3 Å². The number of nitrogens with zero attached hydrogens (tertiary/aromatic N) is 4. The fraction of sp³-hybridized carbons (Fsp3) is 0.412. The molecule has 0 aliphatic carbocycles. The molecule has 3 rings (SSSR count). The van der Waals surface area contributed by atoms with Crippen molar-refractivity contribution in [1.82, 2.24) is 24.1 Å². The van der Waals surface area contributed by atoms with E-state index in [1.807, 2.05) is 17.8 Å². The maximum absolute atomic E-state index is 12.9. The molecular formula is C17H23N5O3S. The number of amides is 1. The number of carbonyl (C=O) groups excluding carboxylic acids is 1. The third-order valence-electron chi connectivity index (χ3n) is 4.53. The van der Waals surface area contributed by atoms with Crippen molar-refractivity contribution in [3.05, 3.63) is 48.5 Å². The summed E-state index contributed by atoms with van der Waals surface area (Å²) < 4.78 is 28.3. The SMILES string of the molecule is CN(CC(=O)N1CCNCC1c1nccn1C)S(=O)(=O)c1ccccc1. The molecule has 1 fully saturated rings. The van der Waals surface area contributed by atoms with E-state index in [9.17, 15) is 13.2 Å². The Labute approximate surface area is 153 Å². The standard InChI is InChI=1S/C17H23N5O3S/c1-20-10-9-19-17(20)15-12-18-8-11-22(15)16(23)13-21(2)26(24,25)14-6-4-3-5-7-14/h3-7,9-10,15,18H,8,11-13H2,1-2H3. The van der Waals surface area contributed by atoms with Crippen LogP contribution >= 0.6 is 0 Å². The number of aromatic nitrogens is 2. The van der Waals surface area contributed by atoms with E-state index in [4.69, 9.17) is 0 Å². The average Bonchev–Trinajstić information content (AvgIpc) is 3.08. The number of rotatable bonds is 5. The summed E-state index contributed by atoms with van der Waals surface area (Å²) in [6.07, 6.45) is 3.52. The van der Waals surface area contributed by atoms with E-state index in [0.29, 0.717) is 19.6 Å². The molecule has 26 heavy (non-hydrogen) atoms. The first-order valence-corrected chi connectivity index (χ1v) is 9.84. The minimum Gasteiger partial charge on any atom is -0.336 e. The smallest absolute Gasteiger partial charge is 0.243 e. The Hall–Kier alpha value is -2.23. The molecule has 140 valence electrons. The van der Waals surface area contributed by atoms with Crippen molar-refractivity contribution < 1.29 is 13.2 Å². The number of hydrogen-bond donors (Lipinski definition) is 1. The van der Waals surface area contributed by atoms with Gasteiger partial charge in [-0.3, -0.25) is 4.79 Å². The van der Waals surface area contributed by atoms with E-state index in [2.05, 4.69) is 10.3 Å². The first-order valence-electron chi connectivity index (χ1n) is 8.40. The van der Waals surface area contributed by atoms with Gasteiger partial charge in [0.05, 0.1) is 11.4 Å². The Morgan fingerprint density at radius 3 is 2.73 bits per heavy atom.